The summed E-state index contributed by atoms with van der Waals surface area (Å²) in [6.07, 6.45) is -9.82. The molecule has 268 valence electrons. The third kappa shape index (κ3) is 10.3. The maximum atomic E-state index is 13.3. The van der Waals surface area contributed by atoms with E-state index in [0.717, 1.165) is 7.11 Å². The van der Waals surface area contributed by atoms with Crippen molar-refractivity contribution in [1.29, 1.82) is 0 Å². The van der Waals surface area contributed by atoms with Crippen LogP contribution in [0.2, 0.25) is 0 Å². The zero-order valence-corrected chi connectivity index (χ0v) is 26.5. The first kappa shape index (κ1) is 40.2. The molecule has 0 bridgehead atoms. The zero-order valence-electron chi connectivity index (χ0n) is 25.7. The van der Waals surface area contributed by atoms with E-state index in [0.29, 0.717) is 30.5 Å². The fourth-order valence-corrected chi connectivity index (χ4v) is 4.54. The molecule has 0 aliphatic rings. The molecule has 22 heteroatoms. The molecule has 1 aromatic heterocycles. The van der Waals surface area contributed by atoms with Gasteiger partial charge in [-0.3, -0.25) is 14.4 Å². The number of carbonyl (C=O) groups is 3. The number of benzene rings is 2. The molecule has 0 amide bonds. The first-order chi connectivity index (χ1) is 22.6. The number of ether oxygens (including phenoxy) is 3. The molecular weight excluding hydrogens is 702 g/mol. The van der Waals surface area contributed by atoms with Crippen LogP contribution in [-0.4, -0.2) is 76.4 Å². The summed E-state index contributed by atoms with van der Waals surface area (Å²) in [5.74, 6) is -2.87. The number of esters is 1. The second-order valence-corrected chi connectivity index (χ2v) is 11.4. The standard InChI is InChI=1S/C14H14F3N3O6S.C13H12F3NO5/c1-26-4-3-11(21)7-5-8-10(6-9(7)14(15,16)17)18-13(23)20(12(8)22)19-27(2,24)25;1-21-4-3-11(18)7-5-8(12(19)22-2)10(17-20)6-9(7)13(14,15)16/h5-6,19H,3-4H2,1-2H3,(H,18,23);5-6H,3-4H2,1-2H3. The van der Waals surface area contributed by atoms with E-state index in [2.05, 4.69) is 19.4 Å². The van der Waals surface area contributed by atoms with Crippen LogP contribution in [0.5, 0.6) is 0 Å². The molecular formula is C27H26F6N4O11S. The van der Waals surface area contributed by atoms with Gasteiger partial charge in [0.05, 0.1) is 54.2 Å². The quantitative estimate of drug-likeness (QED) is 0.119. The first-order valence-electron chi connectivity index (χ1n) is 13.2. The summed E-state index contributed by atoms with van der Waals surface area (Å²) < 4.78 is 115. The summed E-state index contributed by atoms with van der Waals surface area (Å²) >= 11 is 0. The van der Waals surface area contributed by atoms with Gasteiger partial charge in [-0.2, -0.15) is 31.0 Å². The molecule has 0 atom stereocenters. The highest BCUT2D eigenvalue weighted by Crippen LogP contribution is 2.37. The zero-order chi connectivity index (χ0) is 37.5. The van der Waals surface area contributed by atoms with E-state index in [-0.39, 0.29) is 30.7 Å². The maximum absolute atomic E-state index is 13.3. The Hall–Kier alpha value is -4.96. The molecule has 0 unspecified atom stereocenters. The SMILES string of the molecule is COCCC(=O)c1cc(C(=O)OC)c(N=O)cc1C(F)(F)F.COCCC(=O)c1cc2c(=O)n(NS(C)(=O)=O)c(=O)[nH]c2cc1C(F)(F)F. The third-order valence-corrected chi connectivity index (χ3v) is 6.72. The highest BCUT2D eigenvalue weighted by Gasteiger charge is 2.38. The lowest BCUT2D eigenvalue weighted by Crippen LogP contribution is -2.43. The Morgan fingerprint density at radius 2 is 1.33 bits per heavy atom. The number of fused-ring (bicyclic) bond motifs is 1. The molecule has 0 saturated heterocycles. The Morgan fingerprint density at radius 1 is 0.837 bits per heavy atom. The number of sulfonamides is 1. The summed E-state index contributed by atoms with van der Waals surface area (Å²) in [4.78, 5) is 74.1. The van der Waals surface area contributed by atoms with Crippen LogP contribution in [0.3, 0.4) is 0 Å². The van der Waals surface area contributed by atoms with Crippen molar-refractivity contribution in [2.45, 2.75) is 25.2 Å². The summed E-state index contributed by atoms with van der Waals surface area (Å²) in [5, 5.41) is 1.92. The van der Waals surface area contributed by atoms with Crippen molar-refractivity contribution >= 4 is 44.1 Å². The lowest BCUT2D eigenvalue weighted by atomic mass is 9.97. The van der Waals surface area contributed by atoms with E-state index >= 15 is 0 Å². The van der Waals surface area contributed by atoms with E-state index < -0.39 is 95.6 Å². The molecule has 15 nitrogen and oxygen atoms in total. The van der Waals surface area contributed by atoms with Gasteiger partial charge in [0.15, 0.2) is 11.6 Å². The van der Waals surface area contributed by atoms with Crippen LogP contribution in [0.25, 0.3) is 10.9 Å². The molecule has 49 heavy (non-hydrogen) atoms. The monoisotopic (exact) mass is 728 g/mol. The van der Waals surface area contributed by atoms with Crippen molar-refractivity contribution in [3.63, 3.8) is 0 Å². The highest BCUT2D eigenvalue weighted by atomic mass is 32.2. The van der Waals surface area contributed by atoms with Crippen molar-refractivity contribution in [2.75, 3.05) is 45.6 Å². The topological polar surface area (TPSA) is 209 Å². The molecule has 2 N–H and O–H groups in total. The highest BCUT2D eigenvalue weighted by molar-refractivity contribution is 7.91. The van der Waals surface area contributed by atoms with Crippen LogP contribution >= 0.6 is 0 Å². The third-order valence-electron chi connectivity index (χ3n) is 6.21. The van der Waals surface area contributed by atoms with Gasteiger partial charge in [0.25, 0.3) is 5.56 Å². The number of ketones is 2. The Kier molecular flexibility index (Phi) is 13.1. The fraction of sp³-hybridized carbons (Fsp3) is 0.370. The molecule has 0 spiro atoms. The number of hydrogen-bond acceptors (Lipinski definition) is 12. The molecule has 3 rings (SSSR count). The predicted molar refractivity (Wildman–Crippen MR) is 158 cm³/mol. The van der Waals surface area contributed by atoms with Gasteiger partial charge in [0, 0.05) is 38.2 Å². The Bertz CT molecular complexity index is 1990. The van der Waals surface area contributed by atoms with Gasteiger partial charge in [-0.15, -0.1) is 4.91 Å². The number of carbonyl (C=O) groups excluding carboxylic acids is 3. The van der Waals surface area contributed by atoms with Crippen LogP contribution in [0.1, 0.15) is 55.0 Å². The minimum atomic E-state index is -4.93. The normalized spacial score (nSPS) is 11.8. The lowest BCUT2D eigenvalue weighted by Gasteiger charge is -2.14. The van der Waals surface area contributed by atoms with Gasteiger partial charge in [0.1, 0.15) is 5.69 Å². The second kappa shape index (κ2) is 16.0. The molecule has 0 fully saturated rings. The number of hydrogen-bond donors (Lipinski definition) is 2. The first-order valence-corrected chi connectivity index (χ1v) is 15.1. The number of methoxy groups -OCH3 is 3. The van der Waals surface area contributed by atoms with Gasteiger partial charge in [-0.25, -0.2) is 22.8 Å². The van der Waals surface area contributed by atoms with Gasteiger partial charge in [-0.05, 0) is 29.4 Å². The number of halogens is 6. The number of nitrogens with one attached hydrogen (secondary N) is 2. The Morgan fingerprint density at radius 3 is 1.76 bits per heavy atom. The van der Waals surface area contributed by atoms with Crippen LogP contribution < -0.4 is 16.1 Å². The van der Waals surface area contributed by atoms with Crippen molar-refractivity contribution in [1.82, 2.24) is 9.66 Å². The number of nitrogens with zero attached hydrogens (tertiary/aromatic N) is 2. The van der Waals surface area contributed by atoms with E-state index in [9.17, 15) is 63.6 Å². The predicted octanol–water partition coefficient (Wildman–Crippen LogP) is 3.54. The van der Waals surface area contributed by atoms with Gasteiger partial charge < -0.3 is 19.2 Å². The van der Waals surface area contributed by atoms with Crippen LogP contribution in [-0.2, 0) is 36.6 Å². The van der Waals surface area contributed by atoms with Crippen molar-refractivity contribution < 1.29 is 63.4 Å². The minimum absolute atomic E-state index is 0.0859. The summed E-state index contributed by atoms with van der Waals surface area (Å²) in [6, 6.07) is 2.17. The number of aromatic nitrogens is 2. The Balaban J connectivity index is 0.000000348. The number of rotatable bonds is 12. The van der Waals surface area contributed by atoms with E-state index in [1.54, 1.807) is 4.83 Å². The maximum Gasteiger partial charge on any atom is 0.417 e. The van der Waals surface area contributed by atoms with Crippen LogP contribution in [0.15, 0.2) is 39.0 Å². The average Bonchev–Trinajstić information content (AvgIpc) is 3.01. The fourth-order valence-electron chi connectivity index (χ4n) is 4.04. The number of Topliss-reactive ketones (excluding diaryl/α,β-unsaturated/α-hetero) is 2. The molecule has 1 heterocycles. The molecule has 0 aliphatic heterocycles. The van der Waals surface area contributed by atoms with Crippen molar-refractivity contribution in [2.24, 2.45) is 5.18 Å². The van der Waals surface area contributed by atoms with Gasteiger partial charge in [-0.1, -0.05) is 0 Å². The second-order valence-electron chi connectivity index (χ2n) is 9.70. The van der Waals surface area contributed by atoms with Crippen molar-refractivity contribution in [3.05, 3.63) is 77.8 Å². The lowest BCUT2D eigenvalue weighted by molar-refractivity contribution is -0.138. The Labute approximate surface area is 271 Å². The van der Waals surface area contributed by atoms with Crippen LogP contribution in [0, 0.1) is 4.91 Å². The van der Waals surface area contributed by atoms with Gasteiger partial charge >= 0.3 is 24.0 Å². The van der Waals surface area contributed by atoms with E-state index in [1.807, 2.05) is 4.98 Å². The number of H-pyrrole nitrogens is 1. The molecule has 3 aromatic rings. The smallest absolute Gasteiger partial charge is 0.417 e. The summed E-state index contributed by atoms with van der Waals surface area (Å²) in [7, 11) is -0.493. The number of alkyl halides is 6. The van der Waals surface area contributed by atoms with E-state index in [4.69, 9.17) is 0 Å². The molecule has 0 saturated carbocycles. The molecule has 0 aliphatic carbocycles. The molecule has 0 radical (unpaired) electrons. The van der Waals surface area contributed by atoms with Crippen molar-refractivity contribution in [3.8, 4) is 0 Å². The number of nitroso groups, excluding NO2 is 1. The average molecular weight is 729 g/mol. The molecule has 2 aromatic carbocycles. The van der Waals surface area contributed by atoms with E-state index in [1.165, 1.54) is 14.2 Å². The largest absolute Gasteiger partial charge is 0.465 e. The van der Waals surface area contributed by atoms with Gasteiger partial charge in [0.2, 0.25) is 10.0 Å². The van der Waals surface area contributed by atoms with Crippen LogP contribution in [0.4, 0.5) is 32.0 Å². The summed E-state index contributed by atoms with van der Waals surface area (Å²) in [6.45, 7) is -0.225. The minimum Gasteiger partial charge on any atom is -0.465 e. The summed E-state index contributed by atoms with van der Waals surface area (Å²) in [5.41, 5.74) is -8.46. The number of aromatic amines is 1.